The van der Waals surface area contributed by atoms with Crippen molar-refractivity contribution in [3.63, 3.8) is 0 Å². The number of rotatable bonds is 3. The van der Waals surface area contributed by atoms with Gasteiger partial charge in [-0.3, -0.25) is 5.32 Å². The van der Waals surface area contributed by atoms with E-state index >= 15 is 0 Å². The lowest BCUT2D eigenvalue weighted by Crippen LogP contribution is -2.20. The second kappa shape index (κ2) is 6.59. The lowest BCUT2D eigenvalue weighted by atomic mass is 10.1. The third-order valence-corrected chi connectivity index (χ3v) is 3.56. The van der Waals surface area contributed by atoms with Gasteiger partial charge in [0.2, 0.25) is 0 Å². The molecule has 0 bridgehead atoms. The minimum absolute atomic E-state index is 0.284. The molecule has 0 saturated carbocycles. The van der Waals surface area contributed by atoms with E-state index in [-0.39, 0.29) is 6.61 Å². The van der Waals surface area contributed by atoms with Crippen LogP contribution in [-0.2, 0) is 9.47 Å². The van der Waals surface area contributed by atoms with Crippen molar-refractivity contribution < 1.29 is 23.4 Å². The highest BCUT2D eigenvalue weighted by Gasteiger charge is 2.34. The van der Waals surface area contributed by atoms with Crippen LogP contribution in [0.2, 0.25) is 0 Å². The molecule has 2 aromatic rings. The highest BCUT2D eigenvalue weighted by Crippen LogP contribution is 2.34. The Balaban J connectivity index is 1.65. The van der Waals surface area contributed by atoms with Crippen LogP contribution in [0.4, 0.5) is 14.9 Å². The first-order valence-electron chi connectivity index (χ1n) is 7.58. The largest absolute Gasteiger partial charge is 0.417 e. The van der Waals surface area contributed by atoms with Gasteiger partial charge in [0.1, 0.15) is 17.7 Å². The molecular formula is C18H18FNO4. The first-order valence-corrected chi connectivity index (χ1v) is 7.58. The molecule has 1 fully saturated rings. The number of hydrogen-bond donors (Lipinski definition) is 1. The van der Waals surface area contributed by atoms with Crippen LogP contribution in [0, 0.1) is 5.82 Å². The first kappa shape index (κ1) is 16.4. The summed E-state index contributed by atoms with van der Waals surface area (Å²) in [6.45, 7) is 3.84. The van der Waals surface area contributed by atoms with Crippen LogP contribution < -0.4 is 10.1 Å². The van der Waals surface area contributed by atoms with Crippen LogP contribution >= 0.6 is 0 Å². The molecule has 1 atom stereocenters. The lowest BCUT2D eigenvalue weighted by molar-refractivity contribution is -0.139. The van der Waals surface area contributed by atoms with E-state index in [0.29, 0.717) is 17.0 Å². The van der Waals surface area contributed by atoms with Gasteiger partial charge < -0.3 is 14.2 Å². The summed E-state index contributed by atoms with van der Waals surface area (Å²) in [5.74, 6) is -0.794. The molecule has 0 aliphatic carbocycles. The topological polar surface area (TPSA) is 56.8 Å². The Morgan fingerprint density at radius 1 is 1.25 bits per heavy atom. The average Bonchev–Trinajstić information content (AvgIpc) is 2.88. The van der Waals surface area contributed by atoms with Gasteiger partial charge in [-0.1, -0.05) is 24.3 Å². The van der Waals surface area contributed by atoms with Crippen molar-refractivity contribution in [2.45, 2.75) is 25.7 Å². The maximum atomic E-state index is 14.3. The van der Waals surface area contributed by atoms with Gasteiger partial charge in [0.15, 0.2) is 5.79 Å². The fourth-order valence-electron chi connectivity index (χ4n) is 2.45. The van der Waals surface area contributed by atoms with Crippen LogP contribution in [0.3, 0.4) is 0 Å². The number of ether oxygens (including phenoxy) is 3. The molecule has 1 aliphatic heterocycles. The van der Waals surface area contributed by atoms with Crippen LogP contribution in [0.1, 0.15) is 25.5 Å². The van der Waals surface area contributed by atoms with Crippen LogP contribution in [0.15, 0.2) is 48.5 Å². The zero-order valence-corrected chi connectivity index (χ0v) is 13.4. The Bertz CT molecular complexity index is 733. The maximum absolute atomic E-state index is 14.3. The molecule has 1 N–H and O–H groups in total. The molecule has 3 rings (SSSR count). The summed E-state index contributed by atoms with van der Waals surface area (Å²) >= 11 is 0. The summed E-state index contributed by atoms with van der Waals surface area (Å²) in [7, 11) is 0. The van der Waals surface area contributed by atoms with E-state index in [2.05, 4.69) is 5.32 Å². The van der Waals surface area contributed by atoms with Crippen molar-refractivity contribution in [3.05, 3.63) is 59.9 Å². The predicted molar refractivity (Wildman–Crippen MR) is 86.3 cm³/mol. The van der Waals surface area contributed by atoms with E-state index in [1.54, 1.807) is 50.2 Å². The number of benzene rings is 2. The summed E-state index contributed by atoms with van der Waals surface area (Å²) in [5, 5.41) is 2.49. The number of amides is 1. The van der Waals surface area contributed by atoms with Crippen molar-refractivity contribution in [3.8, 4) is 5.75 Å². The summed E-state index contributed by atoms with van der Waals surface area (Å²) in [6, 6.07) is 13.0. The number of anilines is 1. The summed E-state index contributed by atoms with van der Waals surface area (Å²) in [6.07, 6.45) is -1.15. The Labute approximate surface area is 139 Å². The molecule has 5 nitrogen and oxygen atoms in total. The van der Waals surface area contributed by atoms with Gasteiger partial charge in [-0.15, -0.1) is 0 Å². The van der Waals surface area contributed by atoms with Gasteiger partial charge in [0.05, 0.1) is 6.61 Å². The molecule has 24 heavy (non-hydrogen) atoms. The second-order valence-corrected chi connectivity index (χ2v) is 5.88. The molecular weight excluding hydrogens is 313 g/mol. The zero-order valence-electron chi connectivity index (χ0n) is 13.4. The molecule has 0 aromatic heterocycles. The van der Waals surface area contributed by atoms with Gasteiger partial charge >= 0.3 is 6.09 Å². The Hall–Kier alpha value is -2.44. The highest BCUT2D eigenvalue weighted by molar-refractivity contribution is 5.86. The molecule has 1 saturated heterocycles. The van der Waals surface area contributed by atoms with Crippen molar-refractivity contribution in [2.75, 3.05) is 11.9 Å². The predicted octanol–water partition coefficient (Wildman–Crippen LogP) is 4.26. The molecule has 1 heterocycles. The number of hydrogen-bond acceptors (Lipinski definition) is 4. The van der Waals surface area contributed by atoms with Crippen LogP contribution in [0.25, 0.3) is 0 Å². The van der Waals surface area contributed by atoms with E-state index in [4.69, 9.17) is 14.2 Å². The van der Waals surface area contributed by atoms with Crippen molar-refractivity contribution in [1.29, 1.82) is 0 Å². The van der Waals surface area contributed by atoms with E-state index in [0.717, 1.165) is 0 Å². The van der Waals surface area contributed by atoms with Crippen molar-refractivity contribution >= 4 is 11.8 Å². The monoisotopic (exact) mass is 331 g/mol. The quantitative estimate of drug-likeness (QED) is 0.913. The summed E-state index contributed by atoms with van der Waals surface area (Å²) in [4.78, 5) is 11.8. The van der Waals surface area contributed by atoms with Gasteiger partial charge in [-0.25, -0.2) is 9.18 Å². The Morgan fingerprint density at radius 3 is 2.62 bits per heavy atom. The number of halogens is 1. The van der Waals surface area contributed by atoms with E-state index in [1.165, 1.54) is 6.07 Å². The smallest absolute Gasteiger partial charge is 0.410 e. The molecule has 2 aromatic carbocycles. The van der Waals surface area contributed by atoms with Crippen molar-refractivity contribution in [1.82, 2.24) is 0 Å². The summed E-state index contributed by atoms with van der Waals surface area (Å²) in [5.41, 5.74) is 0.693. The normalized spacial score (nSPS) is 19.0. The Kier molecular flexibility index (Phi) is 4.51. The number of para-hydroxylation sites is 1. The fourth-order valence-corrected chi connectivity index (χ4v) is 2.45. The van der Waals surface area contributed by atoms with Gasteiger partial charge in [0.25, 0.3) is 0 Å². The first-order chi connectivity index (χ1) is 11.4. The lowest BCUT2D eigenvalue weighted by Gasteiger charge is -2.17. The maximum Gasteiger partial charge on any atom is 0.417 e. The number of carbonyl (C=O) groups is 1. The third-order valence-electron chi connectivity index (χ3n) is 3.56. The molecule has 0 radical (unpaired) electrons. The molecule has 1 unspecified atom stereocenters. The van der Waals surface area contributed by atoms with E-state index < -0.39 is 23.8 Å². The van der Waals surface area contributed by atoms with Gasteiger partial charge in [0, 0.05) is 11.3 Å². The van der Waals surface area contributed by atoms with Crippen molar-refractivity contribution in [2.24, 2.45) is 0 Å². The van der Waals surface area contributed by atoms with E-state index in [1.807, 2.05) is 6.07 Å². The third kappa shape index (κ3) is 3.90. The Morgan fingerprint density at radius 2 is 2.00 bits per heavy atom. The van der Waals surface area contributed by atoms with Crippen LogP contribution in [0.5, 0.6) is 5.75 Å². The minimum atomic E-state index is -0.729. The molecule has 1 amide bonds. The van der Waals surface area contributed by atoms with Gasteiger partial charge in [-0.2, -0.15) is 0 Å². The zero-order chi connectivity index (χ0) is 17.2. The van der Waals surface area contributed by atoms with E-state index in [9.17, 15) is 9.18 Å². The van der Waals surface area contributed by atoms with Gasteiger partial charge in [-0.05, 0) is 38.1 Å². The highest BCUT2D eigenvalue weighted by atomic mass is 19.1. The molecule has 6 heteroatoms. The van der Waals surface area contributed by atoms with Crippen LogP contribution in [-0.4, -0.2) is 18.5 Å². The SMILES string of the molecule is CC1(C)OCC(c2ccc(NC(=O)Oc3ccccc3)cc2F)O1. The summed E-state index contributed by atoms with van der Waals surface area (Å²) < 4.78 is 30.5. The second-order valence-electron chi connectivity index (χ2n) is 5.88. The minimum Gasteiger partial charge on any atom is -0.410 e. The molecule has 126 valence electrons. The average molecular weight is 331 g/mol. The standard InChI is InChI=1S/C18H18FNO4/c1-18(2)22-11-16(24-18)14-9-8-12(10-15(14)19)20-17(21)23-13-6-4-3-5-7-13/h3-10,16H,11H2,1-2H3,(H,20,21). The number of carbonyl (C=O) groups excluding carboxylic acids is 1. The fraction of sp³-hybridized carbons (Fsp3) is 0.278. The number of nitrogens with one attached hydrogen (secondary N) is 1. The molecule has 1 aliphatic rings. The molecule has 0 spiro atoms.